The Balaban J connectivity index is 0.000000440. The summed E-state index contributed by atoms with van der Waals surface area (Å²) in [5.74, 6) is -0.978. The Hall–Kier alpha value is -3.79. The first-order chi connectivity index (χ1) is 16.2. The lowest BCUT2D eigenvalue weighted by Crippen LogP contribution is -2.46. The lowest BCUT2D eigenvalue weighted by atomic mass is 10.1. The van der Waals surface area contributed by atoms with Gasteiger partial charge in [0.25, 0.3) is 0 Å². The van der Waals surface area contributed by atoms with Crippen LogP contribution in [-0.2, 0) is 16.1 Å². The van der Waals surface area contributed by atoms with Crippen LogP contribution < -0.4 is 15.1 Å². The number of rotatable bonds is 7. The van der Waals surface area contributed by atoms with Crippen LogP contribution in [0.5, 0.6) is 5.75 Å². The Morgan fingerprint density at radius 3 is 2.15 bits per heavy atom. The summed E-state index contributed by atoms with van der Waals surface area (Å²) in [5.41, 5.74) is 1.86. The molecular weight excluding hydrogens is 440 g/mol. The maximum atomic E-state index is 12.8. The highest BCUT2D eigenvalue weighted by atomic mass is 16.5. The molecule has 0 amide bonds. The van der Waals surface area contributed by atoms with Crippen molar-refractivity contribution >= 4 is 17.9 Å². The van der Waals surface area contributed by atoms with Gasteiger partial charge in [-0.25, -0.2) is 19.6 Å². The number of hydrogen-bond acceptors (Lipinski definition) is 8. The third kappa shape index (κ3) is 8.28. The lowest BCUT2D eigenvalue weighted by Gasteiger charge is -2.34. The number of anilines is 1. The second kappa shape index (κ2) is 13.0. The fraction of sp³-hybridized carbons (Fsp3) is 0.375. The summed E-state index contributed by atoms with van der Waals surface area (Å²) in [6.07, 6.45) is 4.65. The molecule has 2 aromatic rings. The molecule has 1 aliphatic rings. The molecule has 0 saturated carbocycles. The number of hydrogen-bond donors (Lipinski definition) is 2. The van der Waals surface area contributed by atoms with Crippen molar-refractivity contribution in [2.24, 2.45) is 0 Å². The van der Waals surface area contributed by atoms with Crippen molar-refractivity contribution in [1.29, 1.82) is 0 Å². The second-order valence-electron chi connectivity index (χ2n) is 7.88. The molecule has 182 valence electrons. The van der Waals surface area contributed by atoms with E-state index >= 15 is 0 Å². The van der Waals surface area contributed by atoms with Gasteiger partial charge in [0.05, 0.1) is 7.11 Å². The molecule has 0 bridgehead atoms. The molecule has 2 N–H and O–H groups in total. The van der Waals surface area contributed by atoms with Crippen molar-refractivity contribution in [3.8, 4) is 5.75 Å². The Bertz CT molecular complexity index is 1030. The zero-order chi connectivity index (χ0) is 25.1. The Labute approximate surface area is 198 Å². The van der Waals surface area contributed by atoms with Crippen LogP contribution in [0, 0.1) is 0 Å². The van der Waals surface area contributed by atoms with E-state index in [1.165, 1.54) is 0 Å². The molecule has 2 heterocycles. The average Bonchev–Trinajstić information content (AvgIpc) is 2.98. The van der Waals surface area contributed by atoms with Crippen LogP contribution in [0.1, 0.15) is 30.9 Å². The van der Waals surface area contributed by atoms with E-state index < -0.39 is 11.9 Å². The van der Waals surface area contributed by atoms with Crippen molar-refractivity contribution in [3.05, 3.63) is 70.2 Å². The molecular formula is C24H30N4O6. The summed E-state index contributed by atoms with van der Waals surface area (Å²) in [7, 11) is 1.56. The van der Waals surface area contributed by atoms with Gasteiger partial charge < -0.3 is 19.8 Å². The van der Waals surface area contributed by atoms with Gasteiger partial charge in [0, 0.05) is 62.8 Å². The highest BCUT2D eigenvalue weighted by Crippen LogP contribution is 2.18. The van der Waals surface area contributed by atoms with Gasteiger partial charge in [-0.1, -0.05) is 26.0 Å². The topological polar surface area (TPSA) is 133 Å². The molecule has 10 nitrogen and oxygen atoms in total. The largest absolute Gasteiger partial charge is 0.493 e. The van der Waals surface area contributed by atoms with Gasteiger partial charge in [0.15, 0.2) is 5.75 Å². The zero-order valence-electron chi connectivity index (χ0n) is 19.5. The number of piperazine rings is 1. The van der Waals surface area contributed by atoms with Gasteiger partial charge >= 0.3 is 11.9 Å². The van der Waals surface area contributed by atoms with Gasteiger partial charge in [-0.2, -0.15) is 0 Å². The Kier molecular flexibility index (Phi) is 10.2. The number of ether oxygens (including phenoxy) is 1. The van der Waals surface area contributed by atoms with E-state index in [0.717, 1.165) is 43.3 Å². The summed E-state index contributed by atoms with van der Waals surface area (Å²) in [4.78, 5) is 45.0. The molecule has 0 spiro atoms. The molecule has 0 unspecified atom stereocenters. The summed E-state index contributed by atoms with van der Waals surface area (Å²) >= 11 is 0. The van der Waals surface area contributed by atoms with Crippen LogP contribution in [0.4, 0.5) is 5.95 Å². The fourth-order valence-electron chi connectivity index (χ4n) is 3.28. The Morgan fingerprint density at radius 2 is 1.65 bits per heavy atom. The van der Waals surface area contributed by atoms with Crippen molar-refractivity contribution in [2.45, 2.75) is 26.3 Å². The highest BCUT2D eigenvalue weighted by molar-refractivity contribution is 5.89. The van der Waals surface area contributed by atoms with Crippen LogP contribution in [0.2, 0.25) is 0 Å². The minimum Gasteiger partial charge on any atom is -0.493 e. The molecule has 10 heteroatoms. The predicted molar refractivity (Wildman–Crippen MR) is 127 cm³/mol. The minimum absolute atomic E-state index is 0.0202. The predicted octanol–water partition coefficient (Wildman–Crippen LogP) is 2.00. The van der Waals surface area contributed by atoms with Crippen LogP contribution >= 0.6 is 0 Å². The second-order valence-corrected chi connectivity index (χ2v) is 7.88. The molecule has 0 atom stereocenters. The summed E-state index contributed by atoms with van der Waals surface area (Å²) in [6, 6.07) is 7.68. The number of aliphatic carboxylic acids is 2. The quantitative estimate of drug-likeness (QED) is 0.579. The lowest BCUT2D eigenvalue weighted by molar-refractivity contribution is -0.134. The third-order valence-electron chi connectivity index (χ3n) is 5.15. The fourth-order valence-corrected chi connectivity index (χ4v) is 3.28. The maximum Gasteiger partial charge on any atom is 0.328 e. The monoisotopic (exact) mass is 470 g/mol. The van der Waals surface area contributed by atoms with E-state index in [0.29, 0.717) is 30.4 Å². The van der Waals surface area contributed by atoms with Gasteiger partial charge in [0.2, 0.25) is 11.4 Å². The number of nitrogens with zero attached hydrogens (tertiary/aromatic N) is 4. The molecule has 0 radical (unpaired) electrons. The van der Waals surface area contributed by atoms with E-state index in [1.54, 1.807) is 19.5 Å². The van der Waals surface area contributed by atoms with Crippen molar-refractivity contribution in [2.75, 3.05) is 38.2 Å². The van der Waals surface area contributed by atoms with Crippen molar-refractivity contribution < 1.29 is 24.5 Å². The Morgan fingerprint density at radius 1 is 1.06 bits per heavy atom. The van der Waals surface area contributed by atoms with Crippen LogP contribution in [0.3, 0.4) is 0 Å². The number of aromatic nitrogens is 2. The summed E-state index contributed by atoms with van der Waals surface area (Å²) < 4.78 is 5.34. The molecule has 1 fully saturated rings. The molecule has 3 rings (SSSR count). The van der Waals surface area contributed by atoms with E-state index in [-0.39, 0.29) is 5.43 Å². The summed E-state index contributed by atoms with van der Waals surface area (Å²) in [6.45, 7) is 8.31. The van der Waals surface area contributed by atoms with E-state index in [1.807, 2.05) is 24.3 Å². The molecule has 1 saturated heterocycles. The number of methoxy groups -OCH3 is 1. The third-order valence-corrected chi connectivity index (χ3v) is 5.15. The van der Waals surface area contributed by atoms with E-state index in [9.17, 15) is 14.4 Å². The minimum atomic E-state index is -1.26. The smallest absolute Gasteiger partial charge is 0.328 e. The van der Waals surface area contributed by atoms with Gasteiger partial charge in [-0.05, 0) is 23.6 Å². The van der Waals surface area contributed by atoms with E-state index in [2.05, 4.69) is 33.6 Å². The number of carboxylic acids is 2. The molecule has 34 heavy (non-hydrogen) atoms. The number of carbonyl (C=O) groups is 2. The van der Waals surface area contributed by atoms with Gasteiger partial charge in [0.1, 0.15) is 0 Å². The van der Waals surface area contributed by atoms with Crippen LogP contribution in [-0.4, -0.2) is 70.3 Å². The first-order valence-electron chi connectivity index (χ1n) is 10.8. The first kappa shape index (κ1) is 26.5. The summed E-state index contributed by atoms with van der Waals surface area (Å²) in [5, 5.41) is 15.6. The zero-order valence-corrected chi connectivity index (χ0v) is 19.5. The first-order valence-corrected chi connectivity index (χ1v) is 10.8. The average molecular weight is 471 g/mol. The van der Waals surface area contributed by atoms with Crippen molar-refractivity contribution in [3.63, 3.8) is 0 Å². The molecule has 1 aliphatic heterocycles. The molecule has 1 aromatic carbocycles. The highest BCUT2D eigenvalue weighted by Gasteiger charge is 2.20. The SMILES string of the molecule is COc1cc(C(C)C)ccc(CN2CCN(c3ncccn3)CC2)c1=O.O=C(O)C=CC(=O)O. The maximum absolute atomic E-state index is 12.8. The van der Waals surface area contributed by atoms with Crippen molar-refractivity contribution in [1.82, 2.24) is 14.9 Å². The molecule has 1 aromatic heterocycles. The van der Waals surface area contributed by atoms with E-state index in [4.69, 9.17) is 14.9 Å². The standard InChI is InChI=1S/C20H26N4O2.C4H4O4/c1-15(2)16-5-6-17(19(25)18(13-16)26-3)14-23-9-11-24(12-10-23)20-21-7-4-8-22-20;5-3(6)1-2-4(7)8/h4-8,13,15H,9-12,14H2,1-3H3;1-2H,(H,5,6)(H,7,8). The normalized spacial score (nSPS) is 13.9. The van der Waals surface area contributed by atoms with Crippen LogP contribution in [0.15, 0.2) is 53.6 Å². The van der Waals surface area contributed by atoms with Gasteiger partial charge in [-0.15, -0.1) is 0 Å². The van der Waals surface area contributed by atoms with Crippen LogP contribution in [0.25, 0.3) is 0 Å². The number of carboxylic acid groups (broad SMARTS) is 2. The molecule has 0 aliphatic carbocycles. The van der Waals surface area contributed by atoms with Gasteiger partial charge in [-0.3, -0.25) is 9.69 Å².